The molecule has 3 nitrogen and oxygen atoms in total. The first kappa shape index (κ1) is 13.0. The number of ether oxygens (including phenoxy) is 1. The first-order chi connectivity index (χ1) is 8.58. The third-order valence-electron chi connectivity index (χ3n) is 3.02. The van der Waals surface area contributed by atoms with E-state index < -0.39 is 17.7 Å². The zero-order chi connectivity index (χ0) is 13.1. The predicted molar refractivity (Wildman–Crippen MR) is 61.9 cm³/mol. The van der Waals surface area contributed by atoms with E-state index in [1.54, 1.807) is 6.92 Å². The van der Waals surface area contributed by atoms with Crippen LogP contribution in [0.3, 0.4) is 0 Å². The van der Waals surface area contributed by atoms with Crippen LogP contribution in [0, 0.1) is 11.6 Å². The molecule has 1 heterocycles. The molecule has 1 fully saturated rings. The zero-order valence-corrected chi connectivity index (χ0v) is 10.1. The van der Waals surface area contributed by atoms with Crippen LogP contribution in [0.5, 0.6) is 0 Å². The van der Waals surface area contributed by atoms with Crippen molar-refractivity contribution >= 4 is 5.91 Å². The van der Waals surface area contributed by atoms with E-state index in [-0.39, 0.29) is 11.9 Å². The van der Waals surface area contributed by atoms with E-state index >= 15 is 0 Å². The van der Waals surface area contributed by atoms with Crippen molar-refractivity contribution in [3.05, 3.63) is 35.4 Å². The summed E-state index contributed by atoms with van der Waals surface area (Å²) in [6.07, 6.45) is 1.16. The normalized spacial score (nSPS) is 20.7. The Morgan fingerprint density at radius 1 is 1.44 bits per heavy atom. The van der Waals surface area contributed by atoms with Gasteiger partial charge in [0.25, 0.3) is 0 Å². The molecule has 1 aliphatic heterocycles. The highest BCUT2D eigenvalue weighted by Gasteiger charge is 2.24. The van der Waals surface area contributed by atoms with Crippen molar-refractivity contribution in [2.45, 2.75) is 31.9 Å². The van der Waals surface area contributed by atoms with Crippen LogP contribution in [0.25, 0.3) is 0 Å². The van der Waals surface area contributed by atoms with Gasteiger partial charge in [-0.25, -0.2) is 8.78 Å². The van der Waals surface area contributed by atoms with Gasteiger partial charge in [0.15, 0.2) is 11.6 Å². The van der Waals surface area contributed by atoms with E-state index in [0.29, 0.717) is 18.6 Å². The molecule has 18 heavy (non-hydrogen) atoms. The zero-order valence-electron chi connectivity index (χ0n) is 10.1. The van der Waals surface area contributed by atoms with Crippen LogP contribution in [0.2, 0.25) is 0 Å². The van der Waals surface area contributed by atoms with Gasteiger partial charge in [-0.1, -0.05) is 6.07 Å². The summed E-state index contributed by atoms with van der Waals surface area (Å²) in [5, 5.41) is 2.73. The van der Waals surface area contributed by atoms with Crippen LogP contribution in [0.4, 0.5) is 8.78 Å². The third kappa shape index (κ3) is 2.85. The molecule has 0 spiro atoms. The minimum Gasteiger partial charge on any atom is -0.368 e. The number of hydrogen-bond donors (Lipinski definition) is 1. The van der Waals surface area contributed by atoms with Crippen LogP contribution < -0.4 is 5.32 Å². The molecule has 1 N–H and O–H groups in total. The van der Waals surface area contributed by atoms with Gasteiger partial charge in [0, 0.05) is 6.61 Å². The topological polar surface area (TPSA) is 38.3 Å². The van der Waals surface area contributed by atoms with Crippen molar-refractivity contribution < 1.29 is 18.3 Å². The van der Waals surface area contributed by atoms with Crippen LogP contribution in [-0.4, -0.2) is 18.6 Å². The molecule has 0 aromatic heterocycles. The smallest absolute Gasteiger partial charge is 0.249 e. The summed E-state index contributed by atoms with van der Waals surface area (Å²) in [6, 6.07) is 3.23. The number of amides is 1. The number of rotatable bonds is 3. The maximum absolute atomic E-state index is 13.1. The highest BCUT2D eigenvalue weighted by atomic mass is 19.2. The first-order valence-corrected chi connectivity index (χ1v) is 5.95. The highest BCUT2D eigenvalue weighted by Crippen LogP contribution is 2.18. The second-order valence-electron chi connectivity index (χ2n) is 4.41. The summed E-state index contributed by atoms with van der Waals surface area (Å²) in [5.41, 5.74) is 0.528. The molecule has 0 saturated carbocycles. The van der Waals surface area contributed by atoms with Crippen molar-refractivity contribution in [1.29, 1.82) is 0 Å². The second-order valence-corrected chi connectivity index (χ2v) is 4.41. The summed E-state index contributed by atoms with van der Waals surface area (Å²) >= 11 is 0. The van der Waals surface area contributed by atoms with Crippen molar-refractivity contribution in [3.63, 3.8) is 0 Å². The van der Waals surface area contributed by atoms with Crippen molar-refractivity contribution in [1.82, 2.24) is 5.32 Å². The maximum atomic E-state index is 13.1. The number of carbonyl (C=O) groups excluding carboxylic acids is 1. The Bertz CT molecular complexity index is 445. The quantitative estimate of drug-likeness (QED) is 0.900. The first-order valence-electron chi connectivity index (χ1n) is 5.95. The van der Waals surface area contributed by atoms with E-state index in [4.69, 9.17) is 4.74 Å². The van der Waals surface area contributed by atoms with Gasteiger partial charge in [-0.3, -0.25) is 4.79 Å². The Morgan fingerprint density at radius 2 is 2.22 bits per heavy atom. The van der Waals surface area contributed by atoms with Gasteiger partial charge in [-0.2, -0.15) is 0 Å². The van der Waals surface area contributed by atoms with Crippen LogP contribution in [0.1, 0.15) is 31.4 Å². The summed E-state index contributed by atoms with van der Waals surface area (Å²) in [4.78, 5) is 11.8. The van der Waals surface area contributed by atoms with E-state index in [1.807, 2.05) is 0 Å². The SMILES string of the molecule is CC(NC(=O)C1CCCO1)c1ccc(F)c(F)c1. The van der Waals surface area contributed by atoms with Crippen molar-refractivity contribution in [3.8, 4) is 0 Å². The second kappa shape index (κ2) is 5.44. The Morgan fingerprint density at radius 3 is 2.83 bits per heavy atom. The number of benzene rings is 1. The Labute approximate surface area is 104 Å². The maximum Gasteiger partial charge on any atom is 0.249 e. The van der Waals surface area contributed by atoms with Crippen LogP contribution in [-0.2, 0) is 9.53 Å². The van der Waals surface area contributed by atoms with Gasteiger partial charge in [0.2, 0.25) is 5.91 Å². The number of nitrogens with one attached hydrogen (secondary N) is 1. The summed E-state index contributed by atoms with van der Waals surface area (Å²) in [7, 11) is 0. The van der Waals surface area contributed by atoms with Gasteiger partial charge in [0.05, 0.1) is 6.04 Å². The van der Waals surface area contributed by atoms with Gasteiger partial charge < -0.3 is 10.1 Å². The van der Waals surface area contributed by atoms with Gasteiger partial charge in [-0.05, 0) is 37.5 Å². The third-order valence-corrected chi connectivity index (χ3v) is 3.02. The van der Waals surface area contributed by atoms with Gasteiger partial charge >= 0.3 is 0 Å². The molecule has 5 heteroatoms. The lowest BCUT2D eigenvalue weighted by Gasteiger charge is -2.17. The van der Waals surface area contributed by atoms with Crippen LogP contribution >= 0.6 is 0 Å². The van der Waals surface area contributed by atoms with E-state index in [0.717, 1.165) is 18.6 Å². The van der Waals surface area contributed by atoms with Crippen molar-refractivity contribution in [2.75, 3.05) is 6.61 Å². The number of hydrogen-bond acceptors (Lipinski definition) is 2. The molecule has 2 rings (SSSR count). The fourth-order valence-corrected chi connectivity index (χ4v) is 1.96. The lowest BCUT2D eigenvalue weighted by atomic mass is 10.1. The number of carbonyl (C=O) groups is 1. The Hall–Kier alpha value is -1.49. The average Bonchev–Trinajstić information content (AvgIpc) is 2.86. The van der Waals surface area contributed by atoms with Crippen LogP contribution in [0.15, 0.2) is 18.2 Å². The molecule has 1 saturated heterocycles. The van der Waals surface area contributed by atoms with Gasteiger partial charge in [-0.15, -0.1) is 0 Å². The molecule has 0 radical (unpaired) electrons. The minimum absolute atomic E-state index is 0.204. The molecule has 0 bridgehead atoms. The molecule has 1 aromatic carbocycles. The molecule has 2 atom stereocenters. The standard InChI is InChI=1S/C13H15F2NO2/c1-8(9-4-5-10(14)11(15)7-9)16-13(17)12-3-2-6-18-12/h4-5,7-8,12H,2-3,6H2,1H3,(H,16,17). The molecule has 1 aromatic rings. The summed E-state index contributed by atoms with van der Waals surface area (Å²) in [5.74, 6) is -2.01. The summed E-state index contributed by atoms with van der Waals surface area (Å²) in [6.45, 7) is 2.32. The predicted octanol–water partition coefficient (Wildman–Crippen LogP) is 2.32. The lowest BCUT2D eigenvalue weighted by Crippen LogP contribution is -2.35. The fraction of sp³-hybridized carbons (Fsp3) is 0.462. The highest BCUT2D eigenvalue weighted by molar-refractivity contribution is 5.81. The molecule has 1 amide bonds. The lowest BCUT2D eigenvalue weighted by molar-refractivity contribution is -0.130. The summed E-state index contributed by atoms with van der Waals surface area (Å²) < 4.78 is 31.1. The van der Waals surface area contributed by atoms with E-state index in [2.05, 4.69) is 5.32 Å². The molecule has 2 unspecified atom stereocenters. The fourth-order valence-electron chi connectivity index (χ4n) is 1.96. The molecule has 1 aliphatic rings. The van der Waals surface area contributed by atoms with Gasteiger partial charge in [0.1, 0.15) is 6.10 Å². The van der Waals surface area contributed by atoms with E-state index in [1.165, 1.54) is 6.07 Å². The minimum atomic E-state index is -0.911. The largest absolute Gasteiger partial charge is 0.368 e. The Kier molecular flexibility index (Phi) is 3.91. The number of halogens is 2. The monoisotopic (exact) mass is 255 g/mol. The molecule has 98 valence electrons. The van der Waals surface area contributed by atoms with E-state index in [9.17, 15) is 13.6 Å². The van der Waals surface area contributed by atoms with Crippen molar-refractivity contribution in [2.24, 2.45) is 0 Å². The Balaban J connectivity index is 2.00. The molecular formula is C13H15F2NO2. The molecule has 0 aliphatic carbocycles. The molecular weight excluding hydrogens is 240 g/mol. The average molecular weight is 255 g/mol.